The van der Waals surface area contributed by atoms with Crippen LogP contribution in [0.3, 0.4) is 0 Å². The summed E-state index contributed by atoms with van der Waals surface area (Å²) in [6, 6.07) is 1.01. The fourth-order valence-electron chi connectivity index (χ4n) is 3.38. The van der Waals surface area contributed by atoms with E-state index in [1.807, 2.05) is 14.1 Å². The lowest BCUT2D eigenvalue weighted by Gasteiger charge is -2.34. The van der Waals surface area contributed by atoms with Crippen LogP contribution >= 0.6 is 0 Å². The van der Waals surface area contributed by atoms with Crippen LogP contribution in [0, 0.1) is 0 Å². The quantitative estimate of drug-likeness (QED) is 0.888. The highest BCUT2D eigenvalue weighted by Gasteiger charge is 2.35. The molecule has 6 nitrogen and oxygen atoms in total. The highest BCUT2D eigenvalue weighted by atomic mass is 16.5. The second-order valence-electron chi connectivity index (χ2n) is 6.16. The zero-order valence-corrected chi connectivity index (χ0v) is 12.5. The predicted molar refractivity (Wildman–Crippen MR) is 76.3 cm³/mol. The first kappa shape index (κ1) is 14.0. The summed E-state index contributed by atoms with van der Waals surface area (Å²) in [5.41, 5.74) is 0. The molecule has 0 radical (unpaired) electrons. The lowest BCUT2D eigenvalue weighted by Crippen LogP contribution is -2.42. The van der Waals surface area contributed by atoms with Gasteiger partial charge in [0, 0.05) is 6.04 Å². The summed E-state index contributed by atoms with van der Waals surface area (Å²) >= 11 is 0. The number of aromatic nitrogens is 2. The number of hydrogen-bond donors (Lipinski definition) is 1. The van der Waals surface area contributed by atoms with Crippen molar-refractivity contribution in [1.82, 2.24) is 25.3 Å². The third-order valence-corrected chi connectivity index (χ3v) is 4.30. The van der Waals surface area contributed by atoms with Gasteiger partial charge in [-0.1, -0.05) is 5.16 Å². The van der Waals surface area contributed by atoms with Crippen LogP contribution in [-0.4, -0.2) is 59.7 Å². The highest BCUT2D eigenvalue weighted by molar-refractivity contribution is 4.99. The first-order valence-electron chi connectivity index (χ1n) is 7.67. The van der Waals surface area contributed by atoms with E-state index >= 15 is 0 Å². The van der Waals surface area contributed by atoms with Crippen molar-refractivity contribution in [2.24, 2.45) is 0 Å². The normalized spacial score (nSPS) is 25.6. The Labute approximate surface area is 120 Å². The van der Waals surface area contributed by atoms with E-state index in [9.17, 15) is 0 Å². The summed E-state index contributed by atoms with van der Waals surface area (Å²) in [7, 11) is 4.04. The Bertz CT molecular complexity index is 427. The summed E-state index contributed by atoms with van der Waals surface area (Å²) in [4.78, 5) is 9.26. The van der Waals surface area contributed by atoms with E-state index < -0.39 is 0 Å². The number of rotatable bonds is 4. The smallest absolute Gasteiger partial charge is 0.244 e. The van der Waals surface area contributed by atoms with Gasteiger partial charge in [-0.05, 0) is 59.4 Å². The summed E-state index contributed by atoms with van der Waals surface area (Å²) < 4.78 is 5.53. The van der Waals surface area contributed by atoms with Crippen molar-refractivity contribution in [3.63, 3.8) is 0 Å². The van der Waals surface area contributed by atoms with E-state index in [4.69, 9.17) is 4.52 Å². The van der Waals surface area contributed by atoms with Crippen LogP contribution in [0.5, 0.6) is 0 Å². The molecule has 6 heteroatoms. The molecule has 0 aromatic carbocycles. The monoisotopic (exact) mass is 279 g/mol. The Balaban J connectivity index is 1.69. The Morgan fingerprint density at radius 2 is 2.10 bits per heavy atom. The standard InChI is InChI=1S/C14H25N5O/c1-18(2)10-13-16-14(20-17-13)12-4-3-9-19(12)11-5-7-15-8-6-11/h11-12,15H,3-10H2,1-2H3. The Morgan fingerprint density at radius 1 is 1.30 bits per heavy atom. The Morgan fingerprint density at radius 3 is 2.85 bits per heavy atom. The SMILES string of the molecule is CN(C)Cc1noc(C2CCCN2C2CCNCC2)n1. The van der Waals surface area contributed by atoms with Crippen LogP contribution in [0.2, 0.25) is 0 Å². The second-order valence-corrected chi connectivity index (χ2v) is 6.16. The largest absolute Gasteiger partial charge is 0.338 e. The van der Waals surface area contributed by atoms with E-state index in [1.54, 1.807) is 0 Å². The minimum absolute atomic E-state index is 0.335. The molecule has 0 bridgehead atoms. The van der Waals surface area contributed by atoms with Crippen LogP contribution < -0.4 is 5.32 Å². The summed E-state index contributed by atoms with van der Waals surface area (Å²) in [6.45, 7) is 4.16. The maximum atomic E-state index is 5.53. The van der Waals surface area contributed by atoms with Gasteiger partial charge in [0.1, 0.15) is 0 Å². The van der Waals surface area contributed by atoms with Crippen LogP contribution in [0.25, 0.3) is 0 Å². The molecule has 3 rings (SSSR count). The van der Waals surface area contributed by atoms with Gasteiger partial charge in [0.25, 0.3) is 0 Å². The van der Waals surface area contributed by atoms with E-state index in [-0.39, 0.29) is 0 Å². The van der Waals surface area contributed by atoms with Gasteiger partial charge in [-0.25, -0.2) is 0 Å². The highest BCUT2D eigenvalue weighted by Crippen LogP contribution is 2.34. The molecule has 1 unspecified atom stereocenters. The minimum atomic E-state index is 0.335. The van der Waals surface area contributed by atoms with Crippen molar-refractivity contribution < 1.29 is 4.52 Å². The van der Waals surface area contributed by atoms with Crippen molar-refractivity contribution in [1.29, 1.82) is 0 Å². The zero-order valence-electron chi connectivity index (χ0n) is 12.5. The molecule has 112 valence electrons. The summed E-state index contributed by atoms with van der Waals surface area (Å²) in [5.74, 6) is 1.61. The predicted octanol–water partition coefficient (Wildman–Crippen LogP) is 1.02. The number of nitrogens with zero attached hydrogens (tertiary/aromatic N) is 4. The second kappa shape index (κ2) is 6.20. The molecule has 1 aromatic heterocycles. The van der Waals surface area contributed by atoms with Crippen molar-refractivity contribution in [2.45, 2.75) is 44.3 Å². The van der Waals surface area contributed by atoms with Gasteiger partial charge in [-0.3, -0.25) is 4.90 Å². The molecule has 0 saturated carbocycles. The van der Waals surface area contributed by atoms with Gasteiger partial charge < -0.3 is 14.7 Å². The maximum Gasteiger partial charge on any atom is 0.244 e. The number of likely N-dealkylation sites (tertiary alicyclic amines) is 1. The van der Waals surface area contributed by atoms with Crippen molar-refractivity contribution >= 4 is 0 Å². The van der Waals surface area contributed by atoms with Crippen LogP contribution in [-0.2, 0) is 6.54 Å². The van der Waals surface area contributed by atoms with Crippen LogP contribution in [0.1, 0.15) is 43.4 Å². The Kier molecular flexibility index (Phi) is 4.33. The number of hydrogen-bond acceptors (Lipinski definition) is 6. The first-order valence-corrected chi connectivity index (χ1v) is 7.67. The minimum Gasteiger partial charge on any atom is -0.338 e. The van der Waals surface area contributed by atoms with Gasteiger partial charge in [-0.2, -0.15) is 4.98 Å². The zero-order chi connectivity index (χ0) is 13.9. The topological polar surface area (TPSA) is 57.4 Å². The molecule has 20 heavy (non-hydrogen) atoms. The molecule has 1 aromatic rings. The molecule has 0 aliphatic carbocycles. The average Bonchev–Trinajstić information content (AvgIpc) is 3.07. The Hall–Kier alpha value is -0.980. The molecule has 3 heterocycles. The molecule has 2 saturated heterocycles. The number of nitrogens with one attached hydrogen (secondary N) is 1. The van der Waals surface area contributed by atoms with Gasteiger partial charge in [0.05, 0.1) is 12.6 Å². The van der Waals surface area contributed by atoms with Gasteiger partial charge >= 0.3 is 0 Å². The average molecular weight is 279 g/mol. The molecule has 2 aliphatic rings. The van der Waals surface area contributed by atoms with Crippen LogP contribution in [0.15, 0.2) is 4.52 Å². The number of piperidine rings is 1. The maximum absolute atomic E-state index is 5.53. The fraction of sp³-hybridized carbons (Fsp3) is 0.857. The third-order valence-electron chi connectivity index (χ3n) is 4.30. The van der Waals surface area contributed by atoms with E-state index in [2.05, 4.69) is 25.3 Å². The molecule has 1 atom stereocenters. The van der Waals surface area contributed by atoms with Crippen molar-refractivity contribution in [3.05, 3.63) is 11.7 Å². The molecular formula is C14H25N5O. The van der Waals surface area contributed by atoms with Crippen molar-refractivity contribution in [2.75, 3.05) is 33.7 Å². The first-order chi connectivity index (χ1) is 9.74. The van der Waals surface area contributed by atoms with Gasteiger partial charge in [0.2, 0.25) is 5.89 Å². The van der Waals surface area contributed by atoms with Gasteiger partial charge in [-0.15, -0.1) is 0 Å². The molecule has 1 N–H and O–H groups in total. The lowest BCUT2D eigenvalue weighted by atomic mass is 10.0. The molecule has 0 spiro atoms. The summed E-state index contributed by atoms with van der Waals surface area (Å²) in [5, 5.41) is 7.55. The van der Waals surface area contributed by atoms with Crippen LogP contribution in [0.4, 0.5) is 0 Å². The van der Waals surface area contributed by atoms with Crippen molar-refractivity contribution in [3.8, 4) is 0 Å². The van der Waals surface area contributed by atoms with Gasteiger partial charge in [0.15, 0.2) is 5.82 Å². The third kappa shape index (κ3) is 3.02. The molecule has 0 amide bonds. The lowest BCUT2D eigenvalue weighted by molar-refractivity contribution is 0.126. The van der Waals surface area contributed by atoms with E-state index in [0.29, 0.717) is 12.1 Å². The summed E-state index contributed by atoms with van der Waals surface area (Å²) in [6.07, 6.45) is 4.85. The molecular weight excluding hydrogens is 254 g/mol. The fourth-order valence-corrected chi connectivity index (χ4v) is 3.38. The van der Waals surface area contributed by atoms with E-state index in [0.717, 1.165) is 37.8 Å². The molecule has 2 fully saturated rings. The van der Waals surface area contributed by atoms with E-state index in [1.165, 1.54) is 25.8 Å². The molecule has 2 aliphatic heterocycles.